The lowest BCUT2D eigenvalue weighted by molar-refractivity contribution is -0.135. The molecule has 1 unspecified atom stereocenters. The van der Waals surface area contributed by atoms with Crippen molar-refractivity contribution in [1.82, 2.24) is 5.32 Å². The van der Waals surface area contributed by atoms with Gasteiger partial charge in [-0.25, -0.2) is 0 Å². The zero-order chi connectivity index (χ0) is 13.5. The Hall–Kier alpha value is -1.71. The minimum atomic E-state index is -0.281. The topological polar surface area (TPSA) is 58.5 Å². The highest BCUT2D eigenvalue weighted by molar-refractivity contribution is 6.00. The number of nitrogens with zero attached hydrogens (tertiary/aromatic N) is 1. The molecular formula is C14H20N2O2. The molecule has 1 N–H and O–H groups in total. The van der Waals surface area contributed by atoms with Crippen LogP contribution < -0.4 is 5.32 Å². The van der Waals surface area contributed by atoms with E-state index in [1.807, 2.05) is 39.1 Å². The number of piperidine rings is 1. The van der Waals surface area contributed by atoms with Gasteiger partial charge in [0.25, 0.3) is 0 Å². The molecule has 0 aromatic carbocycles. The van der Waals surface area contributed by atoms with Crippen molar-refractivity contribution in [3.8, 4) is 0 Å². The molecule has 0 saturated carbocycles. The molecule has 1 fully saturated rings. The molecule has 0 aromatic rings. The molecule has 0 aromatic heterocycles. The van der Waals surface area contributed by atoms with Crippen molar-refractivity contribution in [2.75, 3.05) is 0 Å². The summed E-state index contributed by atoms with van der Waals surface area (Å²) >= 11 is 0. The summed E-state index contributed by atoms with van der Waals surface area (Å²) in [5, 5.41) is 2.34. The van der Waals surface area contributed by atoms with Gasteiger partial charge in [-0.15, -0.1) is 0 Å². The predicted octanol–water partition coefficient (Wildman–Crippen LogP) is 2.37. The van der Waals surface area contributed by atoms with Gasteiger partial charge in [0.2, 0.25) is 11.8 Å². The quantitative estimate of drug-likeness (QED) is 0.724. The number of amides is 2. The minimum Gasteiger partial charge on any atom is -0.296 e. The highest BCUT2D eigenvalue weighted by Gasteiger charge is 2.29. The first kappa shape index (κ1) is 14.4. The first-order valence-electron chi connectivity index (χ1n) is 6.40. The van der Waals surface area contributed by atoms with E-state index in [4.69, 9.17) is 0 Å². The van der Waals surface area contributed by atoms with Gasteiger partial charge in [0.05, 0.1) is 11.6 Å². The van der Waals surface area contributed by atoms with Crippen molar-refractivity contribution >= 4 is 18.0 Å². The fourth-order valence-electron chi connectivity index (χ4n) is 1.82. The monoisotopic (exact) mass is 248 g/mol. The van der Waals surface area contributed by atoms with E-state index in [1.165, 1.54) is 5.57 Å². The van der Waals surface area contributed by atoms with Gasteiger partial charge >= 0.3 is 0 Å². The smallest absolute Gasteiger partial charge is 0.235 e. The summed E-state index contributed by atoms with van der Waals surface area (Å²) in [6.07, 6.45) is 7.43. The zero-order valence-corrected chi connectivity index (χ0v) is 11.2. The fraction of sp³-hybridized carbons (Fsp3) is 0.500. The highest BCUT2D eigenvalue weighted by atomic mass is 16.2. The Kier molecular flexibility index (Phi) is 5.49. The Labute approximate surface area is 108 Å². The van der Waals surface area contributed by atoms with Crippen molar-refractivity contribution in [3.05, 3.63) is 23.4 Å². The third kappa shape index (κ3) is 3.65. The number of carbonyl (C=O) groups excluding carboxylic acids is 2. The Morgan fingerprint density at radius 3 is 2.67 bits per heavy atom. The van der Waals surface area contributed by atoms with E-state index in [0.29, 0.717) is 12.8 Å². The first-order chi connectivity index (χ1) is 8.66. The molecule has 2 rings (SSSR count). The molecule has 18 heavy (non-hydrogen) atoms. The van der Waals surface area contributed by atoms with E-state index in [1.54, 1.807) is 0 Å². The van der Waals surface area contributed by atoms with Crippen LogP contribution in [-0.4, -0.2) is 18.0 Å². The second-order valence-electron chi connectivity index (χ2n) is 4.12. The van der Waals surface area contributed by atoms with E-state index in [2.05, 4.69) is 10.3 Å². The molecule has 4 heteroatoms. The average molecular weight is 248 g/mol. The minimum absolute atomic E-state index is 0.189. The number of hydrogen-bond acceptors (Lipinski definition) is 3. The van der Waals surface area contributed by atoms with Crippen LogP contribution in [-0.2, 0) is 9.59 Å². The lowest BCUT2D eigenvalue weighted by Crippen LogP contribution is -2.41. The summed E-state index contributed by atoms with van der Waals surface area (Å²) in [4.78, 5) is 26.9. The number of allylic oxidation sites excluding steroid dienone is 3. The van der Waals surface area contributed by atoms with Gasteiger partial charge < -0.3 is 0 Å². The first-order valence-corrected chi connectivity index (χ1v) is 6.40. The molecule has 2 heterocycles. The molecule has 98 valence electrons. The van der Waals surface area contributed by atoms with Gasteiger partial charge in [-0.3, -0.25) is 19.9 Å². The molecule has 0 spiro atoms. The second kappa shape index (κ2) is 6.89. The van der Waals surface area contributed by atoms with Gasteiger partial charge in [-0.05, 0) is 19.4 Å². The number of aliphatic imine (C=N–C) groups is 1. The number of hydrogen-bond donors (Lipinski definition) is 1. The molecule has 1 atom stereocenters. The normalized spacial score (nSPS) is 23.2. The third-order valence-electron chi connectivity index (χ3n) is 2.79. The van der Waals surface area contributed by atoms with E-state index < -0.39 is 0 Å². The van der Waals surface area contributed by atoms with Gasteiger partial charge in [-0.2, -0.15) is 0 Å². The Morgan fingerprint density at radius 2 is 2.00 bits per heavy atom. The Bertz CT molecular complexity index is 420. The van der Waals surface area contributed by atoms with Gasteiger partial charge in [0.15, 0.2) is 0 Å². The zero-order valence-electron chi connectivity index (χ0n) is 11.2. The van der Waals surface area contributed by atoms with Gasteiger partial charge in [0, 0.05) is 19.1 Å². The molecule has 0 radical (unpaired) electrons. The van der Waals surface area contributed by atoms with E-state index >= 15 is 0 Å². The predicted molar refractivity (Wildman–Crippen MR) is 72.2 cm³/mol. The average Bonchev–Trinajstić information content (AvgIpc) is 2.57. The van der Waals surface area contributed by atoms with Crippen molar-refractivity contribution in [3.63, 3.8) is 0 Å². The lowest BCUT2D eigenvalue weighted by atomic mass is 9.94. The second-order valence-corrected chi connectivity index (χ2v) is 4.12. The van der Waals surface area contributed by atoms with Crippen LogP contribution in [0.2, 0.25) is 0 Å². The maximum absolute atomic E-state index is 11.6. The number of nitrogens with one attached hydrogen (secondary N) is 1. The molecule has 4 nitrogen and oxygen atoms in total. The van der Waals surface area contributed by atoms with E-state index in [9.17, 15) is 9.59 Å². The Balaban J connectivity index is 0.000000771. The summed E-state index contributed by atoms with van der Waals surface area (Å²) in [5.74, 6) is -0.699. The van der Waals surface area contributed by atoms with Crippen LogP contribution in [0.5, 0.6) is 0 Å². The maximum atomic E-state index is 11.6. The van der Waals surface area contributed by atoms with Crippen molar-refractivity contribution in [2.24, 2.45) is 10.9 Å². The van der Waals surface area contributed by atoms with Crippen LogP contribution in [0.3, 0.4) is 0 Å². The lowest BCUT2D eigenvalue weighted by Gasteiger charge is -2.20. The number of imide groups is 1. The van der Waals surface area contributed by atoms with Crippen molar-refractivity contribution in [1.29, 1.82) is 0 Å². The number of rotatable bonds is 1. The summed E-state index contributed by atoms with van der Waals surface area (Å²) in [7, 11) is 0. The van der Waals surface area contributed by atoms with Crippen LogP contribution in [0, 0.1) is 5.92 Å². The molecule has 2 aliphatic heterocycles. The van der Waals surface area contributed by atoms with E-state index in [-0.39, 0.29) is 17.7 Å². The SMILES string of the molecule is CC.CC1=CC=C(C2CCC(=O)NC2=O)N=CC1. The van der Waals surface area contributed by atoms with Crippen LogP contribution in [0.4, 0.5) is 0 Å². The van der Waals surface area contributed by atoms with Crippen LogP contribution in [0.1, 0.15) is 40.0 Å². The molecular weight excluding hydrogens is 228 g/mol. The van der Waals surface area contributed by atoms with Crippen LogP contribution >= 0.6 is 0 Å². The standard InChI is InChI=1S/C12H14N2O2.C2H6/c1-8-2-4-10(13-7-6-8)9-3-5-11(15)14-12(9)16;1-2/h2,4,7,9H,3,5-6H2,1H3,(H,14,15,16);1-2H3. The van der Waals surface area contributed by atoms with Crippen molar-refractivity contribution < 1.29 is 9.59 Å². The summed E-state index contributed by atoms with van der Waals surface area (Å²) < 4.78 is 0. The Morgan fingerprint density at radius 1 is 1.28 bits per heavy atom. The van der Waals surface area contributed by atoms with Crippen LogP contribution in [0.15, 0.2) is 28.4 Å². The fourth-order valence-corrected chi connectivity index (χ4v) is 1.82. The summed E-state index contributed by atoms with van der Waals surface area (Å²) in [5.41, 5.74) is 1.97. The third-order valence-corrected chi connectivity index (χ3v) is 2.79. The highest BCUT2D eigenvalue weighted by Crippen LogP contribution is 2.23. The maximum Gasteiger partial charge on any atom is 0.235 e. The molecule has 1 saturated heterocycles. The summed E-state index contributed by atoms with van der Waals surface area (Å²) in [6, 6.07) is 0. The van der Waals surface area contributed by atoms with Gasteiger partial charge in [0.1, 0.15) is 0 Å². The number of carbonyl (C=O) groups is 2. The molecule has 2 amide bonds. The van der Waals surface area contributed by atoms with Gasteiger partial charge in [-0.1, -0.05) is 25.5 Å². The molecule has 0 bridgehead atoms. The van der Waals surface area contributed by atoms with E-state index in [0.717, 1.165) is 12.1 Å². The summed E-state index contributed by atoms with van der Waals surface area (Å²) in [6.45, 7) is 6.02. The van der Waals surface area contributed by atoms with Crippen molar-refractivity contribution in [2.45, 2.75) is 40.0 Å². The van der Waals surface area contributed by atoms with Crippen LogP contribution in [0.25, 0.3) is 0 Å². The largest absolute Gasteiger partial charge is 0.296 e. The molecule has 2 aliphatic rings. The molecule has 0 aliphatic carbocycles.